The lowest BCUT2D eigenvalue weighted by Gasteiger charge is -2.48. The summed E-state index contributed by atoms with van der Waals surface area (Å²) in [5.41, 5.74) is 17.5. The van der Waals surface area contributed by atoms with Crippen molar-refractivity contribution in [3.63, 3.8) is 0 Å². The summed E-state index contributed by atoms with van der Waals surface area (Å²) < 4.78 is 23.7. The fourth-order valence-electron chi connectivity index (χ4n) is 5.04. The third-order valence-electron chi connectivity index (χ3n) is 7.24. The van der Waals surface area contributed by atoms with Crippen molar-refractivity contribution < 1.29 is 34.3 Å². The molecule has 1 aliphatic carbocycles. The van der Waals surface area contributed by atoms with Gasteiger partial charge in [-0.1, -0.05) is 0 Å². The minimum atomic E-state index is -1.29. The van der Waals surface area contributed by atoms with E-state index in [9.17, 15) is 15.3 Å². The number of aliphatic hydroxyl groups excluding tert-OH is 2. The summed E-state index contributed by atoms with van der Waals surface area (Å²) in [6.07, 6.45) is -4.22. The van der Waals surface area contributed by atoms with Gasteiger partial charge in [0.2, 0.25) is 0 Å². The maximum Gasteiger partial charge on any atom is 0.185 e. The van der Waals surface area contributed by atoms with Gasteiger partial charge in [-0.05, 0) is 47.2 Å². The Morgan fingerprint density at radius 3 is 2.15 bits per heavy atom. The minimum Gasteiger partial charge on any atom is -0.388 e. The average molecular weight is 478 g/mol. The zero-order valence-corrected chi connectivity index (χ0v) is 20.0. The van der Waals surface area contributed by atoms with Gasteiger partial charge in [0.25, 0.3) is 0 Å². The highest BCUT2D eigenvalue weighted by molar-refractivity contribution is 5.02. The van der Waals surface area contributed by atoms with Crippen LogP contribution in [0.25, 0.3) is 0 Å². The van der Waals surface area contributed by atoms with Crippen molar-refractivity contribution in [2.24, 2.45) is 17.2 Å². The van der Waals surface area contributed by atoms with Gasteiger partial charge in [0.15, 0.2) is 12.6 Å². The largest absolute Gasteiger partial charge is 0.388 e. The van der Waals surface area contributed by atoms with Crippen molar-refractivity contribution in [2.75, 3.05) is 20.7 Å². The van der Waals surface area contributed by atoms with Crippen LogP contribution in [-0.4, -0.2) is 115 Å². The van der Waals surface area contributed by atoms with Crippen LogP contribution in [0, 0.1) is 0 Å². The number of hydrogen-bond acceptors (Lipinski definition) is 12. The molecule has 0 bridgehead atoms. The molecule has 0 aromatic rings. The summed E-state index contributed by atoms with van der Waals surface area (Å²) in [4.78, 5) is 0. The smallest absolute Gasteiger partial charge is 0.185 e. The van der Waals surface area contributed by atoms with Gasteiger partial charge in [-0.15, -0.1) is 0 Å². The van der Waals surface area contributed by atoms with Gasteiger partial charge in [0, 0.05) is 18.1 Å². The van der Waals surface area contributed by atoms with E-state index in [4.69, 9.17) is 36.1 Å². The lowest BCUT2D eigenvalue weighted by Crippen LogP contribution is -2.68. The summed E-state index contributed by atoms with van der Waals surface area (Å²) >= 11 is 0. The van der Waals surface area contributed by atoms with E-state index in [-0.39, 0.29) is 24.8 Å². The fraction of sp³-hybridized carbons (Fsp3) is 1.00. The first-order valence-corrected chi connectivity index (χ1v) is 11.8. The fourth-order valence-corrected chi connectivity index (χ4v) is 5.04. The number of aliphatic hydroxyl groups is 3. The first-order valence-electron chi connectivity index (χ1n) is 11.8. The number of nitrogens with one attached hydrogen (secondary N) is 2. The van der Waals surface area contributed by atoms with Crippen LogP contribution < -0.4 is 27.8 Å². The maximum absolute atomic E-state index is 11.1. The third kappa shape index (κ3) is 5.85. The molecule has 11 N–H and O–H groups in total. The normalized spacial score (nSPS) is 50.2. The second kappa shape index (κ2) is 11.1. The highest BCUT2D eigenvalue weighted by Gasteiger charge is 2.50. The summed E-state index contributed by atoms with van der Waals surface area (Å²) in [5, 5.41) is 38.3. The summed E-state index contributed by atoms with van der Waals surface area (Å²) in [5.74, 6) is 0. The van der Waals surface area contributed by atoms with Gasteiger partial charge >= 0.3 is 0 Å². The first kappa shape index (κ1) is 27.1. The summed E-state index contributed by atoms with van der Waals surface area (Å²) in [6.45, 7) is 3.52. The predicted octanol–water partition coefficient (Wildman–Crippen LogP) is -3.33. The number of hydrogen-bond donors (Lipinski definition) is 8. The molecule has 12 heteroatoms. The van der Waals surface area contributed by atoms with Gasteiger partial charge in [0.1, 0.15) is 30.0 Å². The Morgan fingerprint density at radius 1 is 0.970 bits per heavy atom. The standard InChI is InChI=1S/C21H43N5O7/c1-9(25-3)13-6-5-10(22)19(31-13)32-16-11(23)7-12(24)17(14(16)27)33-20-15(28)18(26-4)21(2,29)8-30-20/h9-20,25-29H,5-8,22-24H2,1-4H3/t9-,10-,11-,12-,13+,14+,15-,16-,17+,18-,19-,20-,21+/m1/s1. The number of rotatable bonds is 7. The SMILES string of the molecule is CN[C@@H]1[C@@H](O)[C@@H](O[C@@H]2[C@@H](O)[C@H](O[C@H]3O[C@H]([C@@H](C)NC)CC[C@H]3N)[C@H](N)C[C@H]2N)OC[C@]1(C)O. The van der Waals surface area contributed by atoms with Gasteiger partial charge < -0.3 is 62.1 Å². The Hall–Kier alpha value is -0.480. The molecule has 3 aliphatic rings. The molecular weight excluding hydrogens is 434 g/mol. The molecule has 0 spiro atoms. The van der Waals surface area contributed by atoms with Crippen LogP contribution in [0.4, 0.5) is 0 Å². The van der Waals surface area contributed by atoms with E-state index >= 15 is 0 Å². The van der Waals surface area contributed by atoms with Crippen LogP contribution in [0.5, 0.6) is 0 Å². The Labute approximate surface area is 195 Å². The molecule has 2 heterocycles. The highest BCUT2D eigenvalue weighted by Crippen LogP contribution is 2.31. The van der Waals surface area contributed by atoms with Crippen LogP contribution in [0.15, 0.2) is 0 Å². The van der Waals surface area contributed by atoms with E-state index in [1.165, 1.54) is 0 Å². The molecule has 2 saturated heterocycles. The van der Waals surface area contributed by atoms with Crippen molar-refractivity contribution >= 4 is 0 Å². The number of likely N-dealkylation sites (N-methyl/N-ethyl adjacent to an activating group) is 2. The topological polar surface area (TPSA) is 200 Å². The molecule has 33 heavy (non-hydrogen) atoms. The van der Waals surface area contributed by atoms with E-state index in [0.717, 1.165) is 6.42 Å². The van der Waals surface area contributed by atoms with E-state index in [1.54, 1.807) is 14.0 Å². The molecule has 0 amide bonds. The minimum absolute atomic E-state index is 0.0620. The Morgan fingerprint density at radius 2 is 1.58 bits per heavy atom. The number of ether oxygens (including phenoxy) is 4. The molecular formula is C21H43N5O7. The molecule has 3 fully saturated rings. The van der Waals surface area contributed by atoms with Crippen molar-refractivity contribution in [1.29, 1.82) is 0 Å². The lowest BCUT2D eigenvalue weighted by atomic mass is 9.84. The molecule has 0 aromatic heterocycles. The van der Waals surface area contributed by atoms with Crippen molar-refractivity contribution in [3.05, 3.63) is 0 Å². The molecule has 0 aromatic carbocycles. The molecule has 0 radical (unpaired) electrons. The third-order valence-corrected chi connectivity index (χ3v) is 7.24. The number of nitrogens with two attached hydrogens (primary N) is 3. The molecule has 3 rings (SSSR count). The molecule has 194 valence electrons. The van der Waals surface area contributed by atoms with E-state index in [0.29, 0.717) is 12.8 Å². The van der Waals surface area contributed by atoms with E-state index in [1.807, 2.05) is 14.0 Å². The second-order valence-corrected chi connectivity index (χ2v) is 9.91. The van der Waals surface area contributed by atoms with Crippen molar-refractivity contribution in [3.8, 4) is 0 Å². The Kier molecular flexibility index (Phi) is 9.09. The lowest BCUT2D eigenvalue weighted by molar-refractivity contribution is -0.307. The van der Waals surface area contributed by atoms with Crippen molar-refractivity contribution in [1.82, 2.24) is 10.6 Å². The Balaban J connectivity index is 1.68. The molecule has 13 atom stereocenters. The van der Waals surface area contributed by atoms with Crippen LogP contribution >= 0.6 is 0 Å². The van der Waals surface area contributed by atoms with Crippen LogP contribution in [0.2, 0.25) is 0 Å². The quantitative estimate of drug-likeness (QED) is 0.182. The summed E-state index contributed by atoms with van der Waals surface area (Å²) in [7, 11) is 3.49. The monoisotopic (exact) mass is 477 g/mol. The zero-order valence-electron chi connectivity index (χ0n) is 20.0. The summed E-state index contributed by atoms with van der Waals surface area (Å²) in [6, 6.07) is -2.11. The highest BCUT2D eigenvalue weighted by atomic mass is 16.7. The predicted molar refractivity (Wildman–Crippen MR) is 120 cm³/mol. The van der Waals surface area contributed by atoms with Crippen molar-refractivity contribution in [2.45, 2.75) is 112 Å². The van der Waals surface area contributed by atoms with E-state index < -0.39 is 60.7 Å². The first-order chi connectivity index (χ1) is 15.5. The maximum atomic E-state index is 11.1. The molecule has 2 aliphatic heterocycles. The van der Waals surface area contributed by atoms with Gasteiger partial charge in [0.05, 0.1) is 24.8 Å². The van der Waals surface area contributed by atoms with Gasteiger partial charge in [-0.25, -0.2) is 0 Å². The molecule has 12 nitrogen and oxygen atoms in total. The van der Waals surface area contributed by atoms with Crippen LogP contribution in [-0.2, 0) is 18.9 Å². The van der Waals surface area contributed by atoms with E-state index in [2.05, 4.69) is 10.6 Å². The molecule has 1 saturated carbocycles. The molecule has 0 unspecified atom stereocenters. The Bertz CT molecular complexity index is 632. The average Bonchev–Trinajstić information content (AvgIpc) is 2.76. The zero-order chi connectivity index (χ0) is 24.5. The van der Waals surface area contributed by atoms with Crippen LogP contribution in [0.3, 0.4) is 0 Å². The van der Waals surface area contributed by atoms with Crippen LogP contribution in [0.1, 0.15) is 33.1 Å². The van der Waals surface area contributed by atoms with Gasteiger partial charge in [-0.2, -0.15) is 0 Å². The second-order valence-electron chi connectivity index (χ2n) is 9.91. The van der Waals surface area contributed by atoms with Gasteiger partial charge in [-0.3, -0.25) is 0 Å².